The standard InChI is InChI=1S/C8H12O/c9-8-5-6-2-1-3-7(8)4-6/h6-7H,1-5H2/t6-,7+/m0/s1. The lowest BCUT2D eigenvalue weighted by atomic mass is 9.89. The molecule has 0 aliphatic heterocycles. The third kappa shape index (κ3) is 0.790. The Morgan fingerprint density at radius 3 is 2.89 bits per heavy atom. The fourth-order valence-electron chi connectivity index (χ4n) is 2.22. The number of Topliss-reactive ketones (excluding diaryl/α,β-unsaturated/α-hetero) is 1. The van der Waals surface area contributed by atoms with Crippen molar-refractivity contribution in [2.24, 2.45) is 11.8 Å². The summed E-state index contributed by atoms with van der Waals surface area (Å²) in [6, 6.07) is 0. The number of carbonyl (C=O) groups excluding carboxylic acids is 1. The van der Waals surface area contributed by atoms with Gasteiger partial charge in [0.2, 0.25) is 0 Å². The number of carbonyl (C=O) groups is 1. The maximum absolute atomic E-state index is 11.1. The zero-order valence-electron chi connectivity index (χ0n) is 5.60. The van der Waals surface area contributed by atoms with Crippen LogP contribution in [0.1, 0.15) is 32.1 Å². The molecule has 2 saturated carbocycles. The highest BCUT2D eigenvalue weighted by molar-refractivity contribution is 5.83. The number of ketones is 1. The van der Waals surface area contributed by atoms with Crippen LogP contribution in [0.4, 0.5) is 0 Å². The number of fused-ring (bicyclic) bond motifs is 2. The van der Waals surface area contributed by atoms with Crippen LogP contribution in [0.15, 0.2) is 0 Å². The van der Waals surface area contributed by atoms with E-state index in [4.69, 9.17) is 0 Å². The fourth-order valence-corrected chi connectivity index (χ4v) is 2.22. The molecule has 2 fully saturated rings. The molecule has 0 aromatic carbocycles. The van der Waals surface area contributed by atoms with E-state index in [9.17, 15) is 4.79 Å². The highest BCUT2D eigenvalue weighted by Gasteiger charge is 2.34. The second-order valence-corrected chi connectivity index (χ2v) is 3.40. The molecule has 0 aromatic rings. The van der Waals surface area contributed by atoms with Gasteiger partial charge < -0.3 is 0 Å². The molecule has 1 heteroatoms. The fraction of sp³-hybridized carbons (Fsp3) is 0.875. The maximum atomic E-state index is 11.1. The summed E-state index contributed by atoms with van der Waals surface area (Å²) in [4.78, 5) is 11.1. The zero-order valence-corrected chi connectivity index (χ0v) is 5.60. The van der Waals surface area contributed by atoms with Gasteiger partial charge in [0.1, 0.15) is 5.78 Å². The molecule has 2 aliphatic carbocycles. The van der Waals surface area contributed by atoms with Crippen molar-refractivity contribution in [2.45, 2.75) is 32.1 Å². The molecule has 2 aliphatic rings. The lowest BCUT2D eigenvalue weighted by molar-refractivity contribution is -0.120. The van der Waals surface area contributed by atoms with Gasteiger partial charge in [-0.25, -0.2) is 0 Å². The van der Waals surface area contributed by atoms with Crippen LogP contribution >= 0.6 is 0 Å². The lowest BCUT2D eigenvalue weighted by Gasteiger charge is -2.15. The Hall–Kier alpha value is -0.330. The summed E-state index contributed by atoms with van der Waals surface area (Å²) in [5, 5.41) is 0. The molecule has 1 nitrogen and oxygen atoms in total. The van der Waals surface area contributed by atoms with Crippen molar-refractivity contribution < 1.29 is 4.79 Å². The molecule has 0 unspecified atom stereocenters. The molecule has 0 amide bonds. The first-order chi connectivity index (χ1) is 4.36. The number of hydrogen-bond acceptors (Lipinski definition) is 1. The SMILES string of the molecule is O=C1C[C@H]2CCC[C@@H]1C2. The molecule has 0 heterocycles. The average molecular weight is 124 g/mol. The second-order valence-electron chi connectivity index (χ2n) is 3.40. The van der Waals surface area contributed by atoms with E-state index in [1.165, 1.54) is 25.7 Å². The van der Waals surface area contributed by atoms with E-state index >= 15 is 0 Å². The van der Waals surface area contributed by atoms with Crippen LogP contribution in [0, 0.1) is 11.8 Å². The van der Waals surface area contributed by atoms with Crippen LogP contribution in [0.5, 0.6) is 0 Å². The summed E-state index contributed by atoms with van der Waals surface area (Å²) in [5.74, 6) is 1.83. The molecule has 2 atom stereocenters. The van der Waals surface area contributed by atoms with Gasteiger partial charge in [0.25, 0.3) is 0 Å². The van der Waals surface area contributed by atoms with Gasteiger partial charge in [-0.15, -0.1) is 0 Å². The van der Waals surface area contributed by atoms with E-state index in [1.54, 1.807) is 0 Å². The highest BCUT2D eigenvalue weighted by Crippen LogP contribution is 2.39. The van der Waals surface area contributed by atoms with Crippen LogP contribution in [0.2, 0.25) is 0 Å². The summed E-state index contributed by atoms with van der Waals surface area (Å²) in [5.41, 5.74) is 0. The van der Waals surface area contributed by atoms with E-state index < -0.39 is 0 Å². The topological polar surface area (TPSA) is 17.1 Å². The van der Waals surface area contributed by atoms with Crippen molar-refractivity contribution in [3.05, 3.63) is 0 Å². The lowest BCUT2D eigenvalue weighted by Crippen LogP contribution is -2.07. The largest absolute Gasteiger partial charge is 0.299 e. The molecule has 0 radical (unpaired) electrons. The minimum Gasteiger partial charge on any atom is -0.299 e. The summed E-state index contributed by atoms with van der Waals surface area (Å²) < 4.78 is 0. The predicted octanol–water partition coefficient (Wildman–Crippen LogP) is 1.77. The maximum Gasteiger partial charge on any atom is 0.136 e. The molecule has 0 spiro atoms. The average Bonchev–Trinajstić information content (AvgIpc) is 2.09. The first-order valence-corrected chi connectivity index (χ1v) is 3.89. The van der Waals surface area contributed by atoms with Crippen LogP contribution in [0.25, 0.3) is 0 Å². The second kappa shape index (κ2) is 1.83. The minimum atomic E-state index is 0.490. The summed E-state index contributed by atoms with van der Waals surface area (Å²) in [6.07, 6.45) is 5.95. The van der Waals surface area contributed by atoms with Crippen molar-refractivity contribution in [1.29, 1.82) is 0 Å². The Morgan fingerprint density at radius 1 is 1.33 bits per heavy atom. The van der Waals surface area contributed by atoms with E-state index in [0.29, 0.717) is 11.7 Å². The number of rotatable bonds is 0. The van der Waals surface area contributed by atoms with Gasteiger partial charge in [-0.05, 0) is 25.2 Å². The van der Waals surface area contributed by atoms with Crippen LogP contribution in [0.3, 0.4) is 0 Å². The monoisotopic (exact) mass is 124 g/mol. The smallest absolute Gasteiger partial charge is 0.136 e. The Bertz CT molecular complexity index is 140. The van der Waals surface area contributed by atoms with E-state index in [1.807, 2.05) is 0 Å². The predicted molar refractivity (Wildman–Crippen MR) is 35.1 cm³/mol. The normalized spacial score (nSPS) is 41.6. The Balaban J connectivity index is 2.15. The summed E-state index contributed by atoms with van der Waals surface area (Å²) >= 11 is 0. The van der Waals surface area contributed by atoms with Crippen LogP contribution in [-0.4, -0.2) is 5.78 Å². The van der Waals surface area contributed by atoms with Crippen LogP contribution in [-0.2, 0) is 4.79 Å². The third-order valence-electron chi connectivity index (χ3n) is 2.73. The van der Waals surface area contributed by atoms with Crippen molar-refractivity contribution in [3.63, 3.8) is 0 Å². The van der Waals surface area contributed by atoms with Crippen molar-refractivity contribution in [2.75, 3.05) is 0 Å². The Morgan fingerprint density at radius 2 is 2.22 bits per heavy atom. The number of hydrogen-bond donors (Lipinski definition) is 0. The van der Waals surface area contributed by atoms with Gasteiger partial charge in [0.15, 0.2) is 0 Å². The van der Waals surface area contributed by atoms with E-state index in [2.05, 4.69) is 0 Å². The molecular weight excluding hydrogens is 112 g/mol. The summed E-state index contributed by atoms with van der Waals surface area (Å²) in [7, 11) is 0. The van der Waals surface area contributed by atoms with Crippen molar-refractivity contribution in [3.8, 4) is 0 Å². The Kier molecular flexibility index (Phi) is 1.11. The van der Waals surface area contributed by atoms with Gasteiger partial charge in [-0.1, -0.05) is 6.42 Å². The first-order valence-electron chi connectivity index (χ1n) is 3.89. The molecule has 0 aromatic heterocycles. The van der Waals surface area contributed by atoms with Crippen molar-refractivity contribution >= 4 is 5.78 Å². The molecule has 0 saturated heterocycles. The Labute approximate surface area is 55.4 Å². The van der Waals surface area contributed by atoms with Crippen molar-refractivity contribution in [1.82, 2.24) is 0 Å². The van der Waals surface area contributed by atoms with Crippen LogP contribution < -0.4 is 0 Å². The highest BCUT2D eigenvalue weighted by atomic mass is 16.1. The van der Waals surface area contributed by atoms with E-state index in [0.717, 1.165) is 12.3 Å². The van der Waals surface area contributed by atoms with Gasteiger partial charge in [0.05, 0.1) is 0 Å². The molecule has 2 bridgehead atoms. The van der Waals surface area contributed by atoms with Gasteiger partial charge in [-0.2, -0.15) is 0 Å². The molecular formula is C8H12O. The van der Waals surface area contributed by atoms with Gasteiger partial charge in [0, 0.05) is 12.3 Å². The zero-order chi connectivity index (χ0) is 6.27. The van der Waals surface area contributed by atoms with Gasteiger partial charge in [-0.3, -0.25) is 4.79 Å². The quantitative estimate of drug-likeness (QED) is 0.481. The van der Waals surface area contributed by atoms with E-state index in [-0.39, 0.29) is 0 Å². The first kappa shape index (κ1) is 5.45. The molecule has 50 valence electrons. The molecule has 2 rings (SSSR count). The summed E-state index contributed by atoms with van der Waals surface area (Å²) in [6.45, 7) is 0. The minimum absolute atomic E-state index is 0.490. The third-order valence-corrected chi connectivity index (χ3v) is 2.73. The molecule has 0 N–H and O–H groups in total. The molecule has 9 heavy (non-hydrogen) atoms. The van der Waals surface area contributed by atoms with Gasteiger partial charge >= 0.3 is 0 Å².